The lowest BCUT2D eigenvalue weighted by molar-refractivity contribution is -0.137. The van der Waals surface area contributed by atoms with Gasteiger partial charge in [-0.05, 0) is 18.9 Å². The van der Waals surface area contributed by atoms with Gasteiger partial charge in [0.2, 0.25) is 0 Å². The number of para-hydroxylation sites is 1. The Bertz CT molecular complexity index is 428. The lowest BCUT2D eigenvalue weighted by Crippen LogP contribution is -2.15. The van der Waals surface area contributed by atoms with Gasteiger partial charge in [0.1, 0.15) is 5.75 Å². The maximum Gasteiger partial charge on any atom is 0.387 e. The fraction of sp³-hybridized carbons (Fsp3) is 0.417. The number of carboxylic acid groups (broad SMARTS) is 1. The number of halogens is 2. The molecule has 1 fully saturated rings. The van der Waals surface area contributed by atoms with Gasteiger partial charge in [0.05, 0.1) is 6.42 Å². The summed E-state index contributed by atoms with van der Waals surface area (Å²) < 4.78 is 28.9. The molecule has 5 heteroatoms. The summed E-state index contributed by atoms with van der Waals surface area (Å²) in [6.45, 7) is -2.89. The SMILES string of the molecule is O=C(O)CC1(c2ccccc2OC(F)F)CC1. The number of ether oxygens (including phenoxy) is 1. The molecule has 0 aromatic heterocycles. The average Bonchev–Trinajstić information content (AvgIpc) is 2.97. The van der Waals surface area contributed by atoms with E-state index in [1.54, 1.807) is 18.2 Å². The fourth-order valence-corrected chi connectivity index (χ4v) is 2.09. The zero-order valence-electron chi connectivity index (χ0n) is 9.03. The summed E-state index contributed by atoms with van der Waals surface area (Å²) in [6.07, 6.45) is 1.35. The number of hydrogen-bond donors (Lipinski definition) is 1. The van der Waals surface area contributed by atoms with Crippen LogP contribution in [0.4, 0.5) is 8.78 Å². The Morgan fingerprint density at radius 1 is 1.41 bits per heavy atom. The van der Waals surface area contributed by atoms with Crippen LogP contribution in [0.1, 0.15) is 24.8 Å². The van der Waals surface area contributed by atoms with Gasteiger partial charge in [0, 0.05) is 11.0 Å². The highest BCUT2D eigenvalue weighted by Gasteiger charge is 2.47. The summed E-state index contributed by atoms with van der Waals surface area (Å²) >= 11 is 0. The van der Waals surface area contributed by atoms with Gasteiger partial charge in [-0.25, -0.2) is 0 Å². The van der Waals surface area contributed by atoms with Crippen molar-refractivity contribution in [1.29, 1.82) is 0 Å². The van der Waals surface area contributed by atoms with E-state index in [1.807, 2.05) is 0 Å². The van der Waals surface area contributed by atoms with Crippen molar-refractivity contribution in [2.75, 3.05) is 0 Å². The molecule has 1 aliphatic carbocycles. The zero-order chi connectivity index (χ0) is 12.5. The molecule has 2 rings (SSSR count). The number of carboxylic acids is 1. The Morgan fingerprint density at radius 2 is 2.06 bits per heavy atom. The van der Waals surface area contributed by atoms with Crippen molar-refractivity contribution < 1.29 is 23.4 Å². The quantitative estimate of drug-likeness (QED) is 0.863. The summed E-state index contributed by atoms with van der Waals surface area (Å²) in [4.78, 5) is 10.8. The van der Waals surface area contributed by atoms with Crippen molar-refractivity contribution in [3.8, 4) is 5.75 Å². The number of hydrogen-bond acceptors (Lipinski definition) is 2. The predicted molar refractivity (Wildman–Crippen MR) is 56.2 cm³/mol. The van der Waals surface area contributed by atoms with Gasteiger partial charge < -0.3 is 9.84 Å². The van der Waals surface area contributed by atoms with E-state index < -0.39 is 18.0 Å². The molecule has 1 aromatic carbocycles. The molecule has 1 aliphatic rings. The Hall–Kier alpha value is -1.65. The van der Waals surface area contributed by atoms with Crippen LogP contribution >= 0.6 is 0 Å². The lowest BCUT2D eigenvalue weighted by atomic mass is 9.91. The highest BCUT2D eigenvalue weighted by Crippen LogP contribution is 2.53. The van der Waals surface area contributed by atoms with Crippen LogP contribution in [0.3, 0.4) is 0 Å². The summed E-state index contributed by atoms with van der Waals surface area (Å²) in [5, 5.41) is 8.83. The molecule has 17 heavy (non-hydrogen) atoms. The monoisotopic (exact) mass is 242 g/mol. The number of alkyl halides is 2. The van der Waals surface area contributed by atoms with Crippen LogP contribution in [0, 0.1) is 0 Å². The molecule has 1 N–H and O–H groups in total. The van der Waals surface area contributed by atoms with Crippen molar-refractivity contribution in [3.63, 3.8) is 0 Å². The van der Waals surface area contributed by atoms with Gasteiger partial charge in [-0.15, -0.1) is 0 Å². The molecule has 0 radical (unpaired) electrons. The molecule has 0 atom stereocenters. The van der Waals surface area contributed by atoms with Gasteiger partial charge in [0.25, 0.3) is 0 Å². The van der Waals surface area contributed by atoms with Crippen LogP contribution in [0.25, 0.3) is 0 Å². The Morgan fingerprint density at radius 3 is 2.59 bits per heavy atom. The van der Waals surface area contributed by atoms with Crippen LogP contribution < -0.4 is 4.74 Å². The van der Waals surface area contributed by atoms with E-state index in [2.05, 4.69) is 4.74 Å². The van der Waals surface area contributed by atoms with Crippen molar-refractivity contribution >= 4 is 5.97 Å². The first-order chi connectivity index (χ1) is 8.03. The van der Waals surface area contributed by atoms with Gasteiger partial charge in [-0.2, -0.15) is 8.78 Å². The van der Waals surface area contributed by atoms with E-state index in [0.717, 1.165) is 0 Å². The van der Waals surface area contributed by atoms with E-state index in [4.69, 9.17) is 5.11 Å². The highest BCUT2D eigenvalue weighted by molar-refractivity contribution is 5.70. The maximum atomic E-state index is 12.2. The molecule has 0 spiro atoms. The molecule has 0 unspecified atom stereocenters. The number of carbonyl (C=O) groups is 1. The second-order valence-corrected chi connectivity index (χ2v) is 4.23. The third-order valence-electron chi connectivity index (χ3n) is 3.02. The minimum absolute atomic E-state index is 0.0450. The van der Waals surface area contributed by atoms with Crippen molar-refractivity contribution in [2.45, 2.75) is 31.3 Å². The van der Waals surface area contributed by atoms with E-state index in [9.17, 15) is 13.6 Å². The van der Waals surface area contributed by atoms with Gasteiger partial charge in [-0.1, -0.05) is 18.2 Å². The van der Waals surface area contributed by atoms with Crippen LogP contribution in [0.2, 0.25) is 0 Å². The first-order valence-corrected chi connectivity index (χ1v) is 5.30. The number of benzene rings is 1. The first kappa shape index (κ1) is 11.8. The molecular weight excluding hydrogens is 230 g/mol. The standard InChI is InChI=1S/C12H12F2O3/c13-11(14)17-9-4-2-1-3-8(9)12(5-6-12)7-10(15)16/h1-4,11H,5-7H2,(H,15,16). The molecule has 0 bridgehead atoms. The molecule has 92 valence electrons. The second-order valence-electron chi connectivity index (χ2n) is 4.23. The number of rotatable bonds is 5. The third kappa shape index (κ3) is 2.54. The normalized spacial score (nSPS) is 16.9. The Kier molecular flexibility index (Phi) is 3.00. The van der Waals surface area contributed by atoms with Crippen LogP contribution in [0.15, 0.2) is 24.3 Å². The van der Waals surface area contributed by atoms with Crippen LogP contribution in [0.5, 0.6) is 5.75 Å². The van der Waals surface area contributed by atoms with E-state index in [1.165, 1.54) is 6.07 Å². The molecule has 1 aromatic rings. The summed E-state index contributed by atoms with van der Waals surface area (Å²) in [5.41, 5.74) is 0.0554. The van der Waals surface area contributed by atoms with Crippen molar-refractivity contribution in [3.05, 3.63) is 29.8 Å². The van der Waals surface area contributed by atoms with Gasteiger partial charge in [-0.3, -0.25) is 4.79 Å². The largest absolute Gasteiger partial charge is 0.481 e. The van der Waals surface area contributed by atoms with E-state index in [0.29, 0.717) is 18.4 Å². The van der Waals surface area contributed by atoms with Gasteiger partial charge in [0.15, 0.2) is 0 Å². The summed E-state index contributed by atoms with van der Waals surface area (Å²) in [7, 11) is 0. The lowest BCUT2D eigenvalue weighted by Gasteiger charge is -2.17. The van der Waals surface area contributed by atoms with E-state index in [-0.39, 0.29) is 12.2 Å². The smallest absolute Gasteiger partial charge is 0.387 e. The molecule has 3 nitrogen and oxygen atoms in total. The molecular formula is C12H12F2O3. The van der Waals surface area contributed by atoms with Crippen LogP contribution in [-0.4, -0.2) is 17.7 Å². The van der Waals surface area contributed by atoms with Gasteiger partial charge >= 0.3 is 12.6 Å². The summed E-state index contributed by atoms with van der Waals surface area (Å²) in [5.74, 6) is -0.837. The predicted octanol–water partition coefficient (Wildman–Crippen LogP) is 2.79. The van der Waals surface area contributed by atoms with Crippen LogP contribution in [-0.2, 0) is 10.2 Å². The minimum atomic E-state index is -2.89. The minimum Gasteiger partial charge on any atom is -0.481 e. The van der Waals surface area contributed by atoms with Crippen molar-refractivity contribution in [2.24, 2.45) is 0 Å². The zero-order valence-corrected chi connectivity index (χ0v) is 9.03. The maximum absolute atomic E-state index is 12.2. The second kappa shape index (κ2) is 4.31. The molecule has 0 aliphatic heterocycles. The molecule has 0 saturated heterocycles. The Labute approximate surface area is 97.0 Å². The summed E-state index contributed by atoms with van der Waals surface area (Å²) in [6, 6.07) is 6.41. The topological polar surface area (TPSA) is 46.5 Å². The van der Waals surface area contributed by atoms with Crippen molar-refractivity contribution in [1.82, 2.24) is 0 Å². The number of aliphatic carboxylic acids is 1. The first-order valence-electron chi connectivity index (χ1n) is 5.30. The molecule has 1 saturated carbocycles. The fourth-order valence-electron chi connectivity index (χ4n) is 2.09. The van der Waals surface area contributed by atoms with E-state index >= 15 is 0 Å². The molecule has 0 heterocycles. The average molecular weight is 242 g/mol. The third-order valence-corrected chi connectivity index (χ3v) is 3.02. The molecule has 0 amide bonds. The Balaban J connectivity index is 2.28. The highest BCUT2D eigenvalue weighted by atomic mass is 19.3.